The molecule has 50 heavy (non-hydrogen) atoms. The Morgan fingerprint density at radius 3 is 2.22 bits per heavy atom. The predicted octanol–water partition coefficient (Wildman–Crippen LogP) is 3.80. The minimum Gasteiger partial charge on any atom is -0.375 e. The van der Waals surface area contributed by atoms with Crippen LogP contribution in [0.4, 0.5) is 14.5 Å². The molecule has 0 radical (unpaired) electrons. The van der Waals surface area contributed by atoms with E-state index < -0.39 is 41.7 Å². The maximum Gasteiger partial charge on any atom is 0.383 e. The summed E-state index contributed by atoms with van der Waals surface area (Å²) in [6, 6.07) is 22.8. The number of nitrogens with zero attached hydrogens (tertiary/aromatic N) is 2. The quantitative estimate of drug-likeness (QED) is 0.0975. The van der Waals surface area contributed by atoms with Gasteiger partial charge in [-0.2, -0.15) is 8.78 Å². The number of hydrogen-bond donors (Lipinski definition) is 4. The Morgan fingerprint density at radius 1 is 0.880 bits per heavy atom. The van der Waals surface area contributed by atoms with Crippen LogP contribution in [0.5, 0.6) is 0 Å². The summed E-state index contributed by atoms with van der Waals surface area (Å²) in [5.74, 6) is -9.24. The first kappa shape index (κ1) is 37.1. The van der Waals surface area contributed by atoms with E-state index in [0.29, 0.717) is 24.2 Å². The van der Waals surface area contributed by atoms with Crippen LogP contribution in [0.15, 0.2) is 95.9 Å². The van der Waals surface area contributed by atoms with Crippen molar-refractivity contribution in [1.82, 2.24) is 25.5 Å². The third-order valence-corrected chi connectivity index (χ3v) is 7.72. The molecule has 0 spiro atoms. The second kappa shape index (κ2) is 17.6. The molecular weight excluding hydrogens is 646 g/mol. The van der Waals surface area contributed by atoms with Crippen molar-refractivity contribution in [2.24, 2.45) is 0 Å². The number of carbonyl (C=O) groups is 4. The topological polar surface area (TPSA) is 151 Å². The van der Waals surface area contributed by atoms with Crippen LogP contribution in [0, 0.1) is 6.92 Å². The Morgan fingerprint density at radius 2 is 1.56 bits per heavy atom. The molecule has 1 atom stereocenters. The van der Waals surface area contributed by atoms with Gasteiger partial charge in [0, 0.05) is 38.0 Å². The lowest BCUT2D eigenvalue weighted by Crippen LogP contribution is -2.56. The second-order valence-electron chi connectivity index (χ2n) is 11.7. The summed E-state index contributed by atoms with van der Waals surface area (Å²) in [5.41, 5.74) is 2.27. The molecule has 4 rings (SSSR count). The van der Waals surface area contributed by atoms with Gasteiger partial charge in [-0.05, 0) is 37.5 Å². The second-order valence-corrected chi connectivity index (χ2v) is 11.7. The van der Waals surface area contributed by atoms with Crippen LogP contribution in [0.2, 0.25) is 0 Å². The highest BCUT2D eigenvalue weighted by atomic mass is 19.3. The van der Waals surface area contributed by atoms with Crippen molar-refractivity contribution in [2.75, 3.05) is 18.4 Å². The monoisotopic (exact) mass is 686 g/mol. The van der Waals surface area contributed by atoms with E-state index in [0.717, 1.165) is 15.7 Å². The Labute approximate surface area is 288 Å². The molecule has 1 unspecified atom stereocenters. The van der Waals surface area contributed by atoms with Gasteiger partial charge in [0.15, 0.2) is 0 Å². The first-order valence-corrected chi connectivity index (χ1v) is 16.2. The molecule has 0 bridgehead atoms. The average molecular weight is 687 g/mol. The lowest BCUT2D eigenvalue weighted by Gasteiger charge is -2.23. The molecule has 0 saturated carbocycles. The van der Waals surface area contributed by atoms with E-state index in [4.69, 9.17) is 0 Å². The SMILES string of the molecule is CCNC(=O)CCCNC(=O)C(F)(F)C(=O)C(Cc1ccccc1)NC(=O)Cn1c(-c2cccc(C)c2)ncc(NCc2ccccc2)c1=O. The van der Waals surface area contributed by atoms with E-state index >= 15 is 8.78 Å². The van der Waals surface area contributed by atoms with E-state index in [1.807, 2.05) is 48.6 Å². The van der Waals surface area contributed by atoms with Gasteiger partial charge in [-0.25, -0.2) is 4.98 Å². The van der Waals surface area contributed by atoms with Crippen LogP contribution in [-0.4, -0.2) is 58.1 Å². The maximum atomic E-state index is 15.3. The van der Waals surface area contributed by atoms with Gasteiger partial charge in [-0.15, -0.1) is 0 Å². The molecule has 0 aliphatic carbocycles. The van der Waals surface area contributed by atoms with Gasteiger partial charge in [0.1, 0.15) is 18.1 Å². The number of ketones is 1. The highest BCUT2D eigenvalue weighted by Gasteiger charge is 2.50. The zero-order valence-electron chi connectivity index (χ0n) is 27.9. The molecule has 3 aromatic carbocycles. The van der Waals surface area contributed by atoms with Gasteiger partial charge in [-0.1, -0.05) is 84.4 Å². The largest absolute Gasteiger partial charge is 0.383 e. The molecule has 11 nitrogen and oxygen atoms in total. The standard InChI is InChI=1S/C37H40F2N6O5/c1-3-40-31(46)18-11-19-41-36(50)37(38,39)33(48)29(21-26-13-6-4-7-14-26)44-32(47)24-45-34(28-17-10-12-25(2)20-28)43-23-30(35(45)49)42-22-27-15-8-5-9-16-27/h4-10,12-17,20,23,29,42H,3,11,18-19,21-22,24H2,1-2H3,(H,40,46)(H,41,50)(H,44,47). The van der Waals surface area contributed by atoms with Crippen molar-refractivity contribution < 1.29 is 28.0 Å². The molecule has 3 amide bonds. The number of benzene rings is 3. The van der Waals surface area contributed by atoms with Crippen LogP contribution >= 0.6 is 0 Å². The zero-order chi connectivity index (χ0) is 36.1. The van der Waals surface area contributed by atoms with E-state index in [9.17, 15) is 24.0 Å². The van der Waals surface area contributed by atoms with Gasteiger partial charge < -0.3 is 21.3 Å². The summed E-state index contributed by atoms with van der Waals surface area (Å²) >= 11 is 0. The lowest BCUT2D eigenvalue weighted by molar-refractivity contribution is -0.160. The minimum absolute atomic E-state index is 0.00205. The summed E-state index contributed by atoms with van der Waals surface area (Å²) in [7, 11) is 0. The molecule has 13 heteroatoms. The fourth-order valence-corrected chi connectivity index (χ4v) is 5.19. The Hall–Kier alpha value is -5.72. The van der Waals surface area contributed by atoms with Crippen molar-refractivity contribution >= 4 is 29.2 Å². The Balaban J connectivity index is 1.58. The van der Waals surface area contributed by atoms with Crippen molar-refractivity contribution in [2.45, 2.75) is 58.2 Å². The molecule has 262 valence electrons. The van der Waals surface area contributed by atoms with Crippen molar-refractivity contribution in [3.8, 4) is 11.4 Å². The van der Waals surface area contributed by atoms with E-state index in [-0.39, 0.29) is 43.2 Å². The summed E-state index contributed by atoms with van der Waals surface area (Å²) in [4.78, 5) is 69.3. The first-order valence-electron chi connectivity index (χ1n) is 16.2. The Kier molecular flexibility index (Phi) is 13.1. The van der Waals surface area contributed by atoms with E-state index in [1.165, 1.54) is 6.20 Å². The first-order chi connectivity index (χ1) is 24.0. The number of amides is 3. The normalized spacial score (nSPS) is 11.7. The molecule has 0 fully saturated rings. The van der Waals surface area contributed by atoms with Crippen LogP contribution < -0.4 is 26.8 Å². The van der Waals surface area contributed by atoms with Gasteiger partial charge in [-0.3, -0.25) is 28.5 Å². The lowest BCUT2D eigenvalue weighted by atomic mass is 9.98. The van der Waals surface area contributed by atoms with Crippen LogP contribution in [-0.2, 0) is 38.7 Å². The molecular formula is C37H40F2N6O5. The number of anilines is 1. The van der Waals surface area contributed by atoms with E-state index in [2.05, 4.69) is 20.9 Å². The fourth-order valence-electron chi connectivity index (χ4n) is 5.19. The molecule has 1 aromatic heterocycles. The number of Topliss-reactive ketones (excluding diaryl/α,β-unsaturated/α-hetero) is 1. The van der Waals surface area contributed by atoms with Crippen LogP contribution in [0.25, 0.3) is 11.4 Å². The van der Waals surface area contributed by atoms with Gasteiger partial charge >= 0.3 is 5.92 Å². The minimum atomic E-state index is -4.51. The molecule has 0 aliphatic heterocycles. The molecule has 4 N–H and O–H groups in total. The number of hydrogen-bond acceptors (Lipinski definition) is 7. The molecule has 1 heterocycles. The van der Waals surface area contributed by atoms with Gasteiger partial charge in [0.05, 0.1) is 12.2 Å². The Bertz CT molecular complexity index is 1850. The maximum absolute atomic E-state index is 15.3. The van der Waals surface area contributed by atoms with Gasteiger partial charge in [0.2, 0.25) is 17.6 Å². The fraction of sp³-hybridized carbons (Fsp3) is 0.297. The van der Waals surface area contributed by atoms with Crippen LogP contribution in [0.3, 0.4) is 0 Å². The smallest absolute Gasteiger partial charge is 0.375 e. The zero-order valence-corrected chi connectivity index (χ0v) is 27.9. The summed E-state index contributed by atoms with van der Waals surface area (Å²) in [5, 5.41) is 9.98. The number of halogens is 2. The molecule has 0 saturated heterocycles. The highest BCUT2D eigenvalue weighted by molar-refractivity contribution is 6.10. The number of alkyl halides is 2. The number of nitrogens with one attached hydrogen (secondary N) is 4. The summed E-state index contributed by atoms with van der Waals surface area (Å²) in [6.07, 6.45) is 1.11. The predicted molar refractivity (Wildman–Crippen MR) is 185 cm³/mol. The number of carbonyl (C=O) groups excluding carboxylic acids is 4. The number of rotatable bonds is 17. The third-order valence-electron chi connectivity index (χ3n) is 7.72. The van der Waals surface area contributed by atoms with Crippen molar-refractivity contribution in [1.29, 1.82) is 0 Å². The third kappa shape index (κ3) is 10.1. The molecule has 4 aromatic rings. The van der Waals surface area contributed by atoms with E-state index in [1.54, 1.807) is 55.5 Å². The number of aryl methyl sites for hydroxylation is 1. The summed E-state index contributed by atoms with van der Waals surface area (Å²) < 4.78 is 31.8. The highest BCUT2D eigenvalue weighted by Crippen LogP contribution is 2.21. The number of aromatic nitrogens is 2. The van der Waals surface area contributed by atoms with Crippen LogP contribution in [0.1, 0.15) is 36.5 Å². The summed E-state index contributed by atoms with van der Waals surface area (Å²) in [6.45, 7) is 3.36. The van der Waals surface area contributed by atoms with Crippen molar-refractivity contribution in [3.05, 3.63) is 118 Å². The molecule has 0 aliphatic rings. The average Bonchev–Trinajstić information content (AvgIpc) is 3.10. The van der Waals surface area contributed by atoms with Crippen molar-refractivity contribution in [3.63, 3.8) is 0 Å². The van der Waals surface area contributed by atoms with Gasteiger partial charge in [0.25, 0.3) is 11.5 Å².